The summed E-state index contributed by atoms with van der Waals surface area (Å²) in [6.07, 6.45) is 18.8. The van der Waals surface area contributed by atoms with Gasteiger partial charge in [-0.1, -0.05) is 61.6 Å². The van der Waals surface area contributed by atoms with E-state index in [9.17, 15) is 0 Å². The molecule has 0 saturated carbocycles. The summed E-state index contributed by atoms with van der Waals surface area (Å²) in [5.41, 5.74) is 3.74. The van der Waals surface area contributed by atoms with Gasteiger partial charge in [0.25, 0.3) is 0 Å². The Balaban J connectivity index is 0.000000578. The van der Waals surface area contributed by atoms with Gasteiger partial charge in [-0.2, -0.15) is 11.6 Å². The molecule has 0 aromatic heterocycles. The van der Waals surface area contributed by atoms with Crippen LogP contribution in [0.1, 0.15) is 42.9 Å². The molecule has 1 fully saturated rings. The number of rotatable bonds is 3. The van der Waals surface area contributed by atoms with Crippen LogP contribution in [0.25, 0.3) is 6.08 Å². The van der Waals surface area contributed by atoms with Crippen molar-refractivity contribution in [3.63, 3.8) is 0 Å². The summed E-state index contributed by atoms with van der Waals surface area (Å²) in [4.78, 5) is 0. The fourth-order valence-electron chi connectivity index (χ4n) is 3.83. The van der Waals surface area contributed by atoms with E-state index in [0.717, 1.165) is 12.0 Å². The number of benzene rings is 1. The summed E-state index contributed by atoms with van der Waals surface area (Å²) in [5, 5.41) is 0. The molecule has 1 unspecified atom stereocenters. The van der Waals surface area contributed by atoms with Crippen LogP contribution in [0.15, 0.2) is 42.5 Å². The zero-order valence-electron chi connectivity index (χ0n) is 14.2. The summed E-state index contributed by atoms with van der Waals surface area (Å²) in [7, 11) is -1.00. The summed E-state index contributed by atoms with van der Waals surface area (Å²) in [6, 6.07) is 13.5. The minimum atomic E-state index is -1.00. The fourth-order valence-corrected chi connectivity index (χ4v) is 8.81. The molecule has 1 aromatic rings. The van der Waals surface area contributed by atoms with Crippen LogP contribution in [0.3, 0.4) is 0 Å². The second-order valence-electron chi connectivity index (χ2n) is 6.34. The van der Waals surface area contributed by atoms with E-state index in [1.165, 1.54) is 24.4 Å². The first-order valence-corrected chi connectivity index (χ1v) is 11.0. The topological polar surface area (TPSA) is 0 Å². The Hall–Kier alpha value is 0.120. The van der Waals surface area contributed by atoms with Gasteiger partial charge >= 0.3 is 26.2 Å². The molecule has 3 aliphatic rings. The van der Waals surface area contributed by atoms with Crippen molar-refractivity contribution < 1.29 is 51.0 Å². The van der Waals surface area contributed by atoms with Gasteiger partial charge < -0.3 is 24.8 Å². The Morgan fingerprint density at radius 3 is 2.42 bits per heavy atom. The molecule has 4 heteroatoms. The third-order valence-corrected chi connectivity index (χ3v) is 10.9. The molecule has 0 nitrogen and oxygen atoms in total. The Morgan fingerprint density at radius 1 is 1.17 bits per heavy atom. The predicted octanol–water partition coefficient (Wildman–Crippen LogP) is -0.287. The van der Waals surface area contributed by atoms with Gasteiger partial charge in [-0.25, -0.2) is 18.2 Å². The molecule has 24 heavy (non-hydrogen) atoms. The number of fused-ring (bicyclic) bond motifs is 1. The molecule has 4 rings (SSSR count). The van der Waals surface area contributed by atoms with Crippen molar-refractivity contribution in [1.82, 2.24) is 0 Å². The molecular formula is C20H24Cl2SiZr. The van der Waals surface area contributed by atoms with E-state index in [1.807, 2.05) is 12.2 Å². The molecule has 1 atom stereocenters. The maximum absolute atomic E-state index is 3.69. The summed E-state index contributed by atoms with van der Waals surface area (Å²) in [6.45, 7) is 2.34. The monoisotopic (exact) mass is 452 g/mol. The first kappa shape index (κ1) is 24.1. The van der Waals surface area contributed by atoms with Gasteiger partial charge in [-0.05, 0) is 0 Å². The largest absolute Gasteiger partial charge is 4.00 e. The van der Waals surface area contributed by atoms with Crippen molar-refractivity contribution in [3.05, 3.63) is 65.8 Å². The Kier molecular flexibility index (Phi) is 11.7. The van der Waals surface area contributed by atoms with Crippen LogP contribution < -0.4 is 24.8 Å². The summed E-state index contributed by atoms with van der Waals surface area (Å²) in [5.74, 6) is 0. The minimum Gasteiger partial charge on any atom is -1.00 e. The van der Waals surface area contributed by atoms with E-state index in [1.54, 1.807) is 17.7 Å². The van der Waals surface area contributed by atoms with Crippen molar-refractivity contribution in [2.24, 2.45) is 0 Å². The van der Waals surface area contributed by atoms with Crippen LogP contribution >= 0.6 is 0 Å². The molecule has 1 aromatic carbocycles. The third kappa shape index (κ3) is 5.31. The van der Waals surface area contributed by atoms with Gasteiger partial charge in [0, 0.05) is 8.07 Å². The molecule has 0 radical (unpaired) electrons. The average Bonchev–Trinajstić information content (AvgIpc) is 3.15. The molecule has 126 valence electrons. The van der Waals surface area contributed by atoms with E-state index < -0.39 is 8.07 Å². The first-order chi connectivity index (χ1) is 10.4. The molecule has 2 aliphatic carbocycles. The van der Waals surface area contributed by atoms with E-state index in [-0.39, 0.29) is 51.0 Å². The molecular weight excluding hydrogens is 430 g/mol. The van der Waals surface area contributed by atoms with Gasteiger partial charge in [0.05, 0.1) is 0 Å². The summed E-state index contributed by atoms with van der Waals surface area (Å²) >= 11 is 0. The zero-order chi connectivity index (χ0) is 14.5. The number of halogens is 2. The van der Waals surface area contributed by atoms with Crippen LogP contribution in [-0.4, -0.2) is 8.07 Å². The Labute approximate surface area is 179 Å². The van der Waals surface area contributed by atoms with Crippen molar-refractivity contribution in [2.45, 2.75) is 49.9 Å². The molecule has 0 N–H and O–H groups in total. The van der Waals surface area contributed by atoms with E-state index in [0.29, 0.717) is 0 Å². The quantitative estimate of drug-likeness (QED) is 0.435. The molecule has 1 aliphatic heterocycles. The van der Waals surface area contributed by atoms with Gasteiger partial charge in [-0.3, -0.25) is 12.2 Å². The van der Waals surface area contributed by atoms with E-state index >= 15 is 0 Å². The average molecular weight is 455 g/mol. The molecule has 1 saturated heterocycles. The van der Waals surface area contributed by atoms with Gasteiger partial charge in [-0.15, -0.1) is 18.1 Å². The second-order valence-corrected chi connectivity index (χ2v) is 11.1. The first-order valence-electron chi connectivity index (χ1n) is 8.26. The van der Waals surface area contributed by atoms with Crippen LogP contribution in [0.5, 0.6) is 0 Å². The van der Waals surface area contributed by atoms with Crippen molar-refractivity contribution >= 4 is 14.1 Å². The maximum Gasteiger partial charge on any atom is 4.00 e. The van der Waals surface area contributed by atoms with Crippen LogP contribution in [0.4, 0.5) is 0 Å². The molecule has 0 amide bonds. The molecule has 0 spiro atoms. The van der Waals surface area contributed by atoms with Gasteiger partial charge in [0.2, 0.25) is 0 Å². The van der Waals surface area contributed by atoms with Gasteiger partial charge in [0.1, 0.15) is 0 Å². The maximum atomic E-state index is 3.69. The number of hydrogen-bond acceptors (Lipinski definition) is 0. The molecule has 1 heterocycles. The van der Waals surface area contributed by atoms with Crippen molar-refractivity contribution in [1.29, 1.82) is 0 Å². The predicted molar refractivity (Wildman–Crippen MR) is 93.5 cm³/mol. The van der Waals surface area contributed by atoms with Crippen LogP contribution in [0, 0.1) is 12.2 Å². The zero-order valence-corrected chi connectivity index (χ0v) is 19.2. The normalized spacial score (nSPS) is 20.5. The fraction of sp³-hybridized carbons (Fsp3) is 0.400. The van der Waals surface area contributed by atoms with Crippen LogP contribution in [-0.2, 0) is 26.2 Å². The summed E-state index contributed by atoms with van der Waals surface area (Å²) < 4.78 is 0. The smallest absolute Gasteiger partial charge is 1.00 e. The Bertz CT molecular complexity index is 567. The SMILES string of the molecule is CCC[Si]1(C2[C-]=Cc3ccccc32)CCC1.[C-]1=CC=CC1.[Cl-].[Cl-].[Zr+4]. The Morgan fingerprint density at radius 2 is 1.92 bits per heavy atom. The molecule has 0 bridgehead atoms. The minimum absolute atomic E-state index is 0. The number of hydrogen-bond donors (Lipinski definition) is 0. The van der Waals surface area contributed by atoms with E-state index in [4.69, 9.17) is 0 Å². The van der Waals surface area contributed by atoms with Gasteiger partial charge in [0.15, 0.2) is 0 Å². The standard InChI is InChI=1S/C15H19Si.C5H5.2ClH.Zr/c1-2-10-16(11-5-12-16)15-9-8-13-6-3-4-7-14(13)15;1-2-4-5-3-1;;;/h3-4,6-8,15H,2,5,10-12H2,1H3;1-3H,4H2;2*1H;/q2*-1;;;+4/p-2. The van der Waals surface area contributed by atoms with Crippen LogP contribution in [0.2, 0.25) is 18.1 Å². The van der Waals surface area contributed by atoms with Crippen molar-refractivity contribution in [3.8, 4) is 0 Å². The number of allylic oxidation sites excluding steroid dienone is 5. The van der Waals surface area contributed by atoms with Crippen molar-refractivity contribution in [2.75, 3.05) is 0 Å². The van der Waals surface area contributed by atoms with E-state index in [2.05, 4.69) is 55.5 Å². The second kappa shape index (κ2) is 11.7. The third-order valence-electron chi connectivity index (χ3n) is 5.01.